The van der Waals surface area contributed by atoms with Gasteiger partial charge in [-0.15, -0.1) is 0 Å². The van der Waals surface area contributed by atoms with Gasteiger partial charge in [0.2, 0.25) is 17.7 Å². The molecule has 0 bridgehead atoms. The summed E-state index contributed by atoms with van der Waals surface area (Å²) in [7, 11) is 1.56. The highest BCUT2D eigenvalue weighted by Crippen LogP contribution is 2.54. The number of benzene rings is 1. The Labute approximate surface area is 169 Å². The maximum absolute atomic E-state index is 13.4. The van der Waals surface area contributed by atoms with Crippen molar-refractivity contribution in [3.63, 3.8) is 0 Å². The topological polar surface area (TPSA) is 108 Å². The Morgan fingerprint density at radius 2 is 1.97 bits per heavy atom. The number of hydrogen-bond acceptors (Lipinski definition) is 6. The highest BCUT2D eigenvalue weighted by atomic mass is 16.5. The molecule has 1 aromatic rings. The van der Waals surface area contributed by atoms with Crippen LogP contribution in [0.4, 0.5) is 5.69 Å². The van der Waals surface area contributed by atoms with E-state index >= 15 is 0 Å². The van der Waals surface area contributed by atoms with Crippen LogP contribution < -0.4 is 10.6 Å². The Morgan fingerprint density at radius 3 is 2.62 bits per heavy atom. The van der Waals surface area contributed by atoms with E-state index in [0.29, 0.717) is 24.3 Å². The first-order valence-corrected chi connectivity index (χ1v) is 9.97. The Morgan fingerprint density at radius 1 is 1.24 bits per heavy atom. The Hall–Kier alpha value is -2.29. The Balaban J connectivity index is 1.84. The lowest BCUT2D eigenvalue weighted by Gasteiger charge is -2.30. The fourth-order valence-electron chi connectivity index (χ4n) is 5.25. The van der Waals surface area contributed by atoms with Crippen LogP contribution in [0.15, 0.2) is 12.1 Å². The molecular weight excluding hydrogens is 374 g/mol. The van der Waals surface area contributed by atoms with Crippen LogP contribution in [0.25, 0.3) is 0 Å². The zero-order valence-electron chi connectivity index (χ0n) is 17.1. The van der Waals surface area contributed by atoms with Gasteiger partial charge in [0.1, 0.15) is 5.54 Å². The van der Waals surface area contributed by atoms with Crippen molar-refractivity contribution in [2.75, 3.05) is 25.6 Å². The highest BCUT2D eigenvalue weighted by Gasteiger charge is 2.71. The van der Waals surface area contributed by atoms with Crippen LogP contribution in [0.5, 0.6) is 0 Å². The molecule has 0 aliphatic carbocycles. The number of rotatable bonds is 5. The number of fused-ring (bicyclic) bond motifs is 4. The third-order valence-corrected chi connectivity index (χ3v) is 6.44. The molecule has 1 aromatic carbocycles. The number of aliphatic hydroxyl groups is 1. The molecule has 2 fully saturated rings. The molecule has 156 valence electrons. The number of carbonyl (C=O) groups is 3. The summed E-state index contributed by atoms with van der Waals surface area (Å²) in [5.74, 6) is -2.73. The number of nitrogens with one attached hydrogen (secondary N) is 2. The second-order valence-corrected chi connectivity index (χ2v) is 8.36. The SMILES string of the molecule is COCCCN1C(=O)C2C(C(C)O)NC3(C(=O)Nc4c(C)cc(C)cc43)C2C1=O. The quantitative estimate of drug-likeness (QED) is 0.488. The average molecular weight is 401 g/mol. The van der Waals surface area contributed by atoms with Gasteiger partial charge >= 0.3 is 0 Å². The summed E-state index contributed by atoms with van der Waals surface area (Å²) in [6, 6.07) is 3.16. The lowest BCUT2D eigenvalue weighted by atomic mass is 9.75. The summed E-state index contributed by atoms with van der Waals surface area (Å²) in [6.07, 6.45) is -0.380. The van der Waals surface area contributed by atoms with Crippen LogP contribution in [0, 0.1) is 25.7 Å². The first-order valence-electron chi connectivity index (χ1n) is 9.97. The fourth-order valence-corrected chi connectivity index (χ4v) is 5.25. The van der Waals surface area contributed by atoms with Gasteiger partial charge in [-0.25, -0.2) is 0 Å². The number of aliphatic hydroxyl groups excluding tert-OH is 1. The van der Waals surface area contributed by atoms with E-state index in [-0.39, 0.29) is 24.3 Å². The zero-order valence-corrected chi connectivity index (χ0v) is 17.1. The number of carbonyl (C=O) groups excluding carboxylic acids is 3. The van der Waals surface area contributed by atoms with E-state index in [9.17, 15) is 19.5 Å². The number of methoxy groups -OCH3 is 1. The van der Waals surface area contributed by atoms with Crippen molar-refractivity contribution in [1.29, 1.82) is 0 Å². The summed E-state index contributed by atoms with van der Waals surface area (Å²) in [6.45, 7) is 6.08. The van der Waals surface area contributed by atoms with Gasteiger partial charge in [0.25, 0.3) is 0 Å². The molecule has 2 saturated heterocycles. The van der Waals surface area contributed by atoms with Crippen molar-refractivity contribution in [3.05, 3.63) is 28.8 Å². The number of hydrogen-bond donors (Lipinski definition) is 3. The third-order valence-electron chi connectivity index (χ3n) is 6.44. The molecule has 8 nitrogen and oxygen atoms in total. The molecule has 8 heteroatoms. The summed E-state index contributed by atoms with van der Waals surface area (Å²) in [5.41, 5.74) is 1.86. The number of ether oxygens (including phenoxy) is 1. The average Bonchev–Trinajstić information content (AvgIpc) is 3.24. The standard InChI is InChI=1S/C21H27N3O5/c1-10-8-11(2)16-13(9-10)21(20(28)22-16)15-14(17(23-21)12(3)25)18(26)24(19(15)27)6-5-7-29-4/h8-9,12,14-15,17,23,25H,5-7H2,1-4H3,(H,22,28). The highest BCUT2D eigenvalue weighted by molar-refractivity contribution is 6.15. The molecule has 4 rings (SSSR count). The van der Waals surface area contributed by atoms with Crippen LogP contribution in [0.2, 0.25) is 0 Å². The summed E-state index contributed by atoms with van der Waals surface area (Å²) >= 11 is 0. The van der Waals surface area contributed by atoms with Gasteiger partial charge in [-0.3, -0.25) is 24.6 Å². The summed E-state index contributed by atoms with van der Waals surface area (Å²) in [5, 5.41) is 16.5. The molecule has 3 amide bonds. The van der Waals surface area contributed by atoms with E-state index in [1.165, 1.54) is 4.90 Å². The lowest BCUT2D eigenvalue weighted by Crippen LogP contribution is -2.54. The number of likely N-dealkylation sites (tertiary alicyclic amines) is 1. The van der Waals surface area contributed by atoms with Crippen LogP contribution in [0.1, 0.15) is 30.0 Å². The minimum Gasteiger partial charge on any atom is -0.392 e. The molecule has 3 heterocycles. The number of aryl methyl sites for hydroxylation is 2. The molecule has 5 unspecified atom stereocenters. The van der Waals surface area contributed by atoms with Crippen molar-refractivity contribution in [1.82, 2.24) is 10.2 Å². The molecule has 3 N–H and O–H groups in total. The van der Waals surface area contributed by atoms with E-state index in [1.54, 1.807) is 14.0 Å². The fraction of sp³-hybridized carbons (Fsp3) is 0.571. The largest absolute Gasteiger partial charge is 0.392 e. The Bertz CT molecular complexity index is 899. The van der Waals surface area contributed by atoms with Gasteiger partial charge in [-0.05, 0) is 32.8 Å². The predicted molar refractivity (Wildman–Crippen MR) is 105 cm³/mol. The molecule has 0 radical (unpaired) electrons. The molecule has 29 heavy (non-hydrogen) atoms. The van der Waals surface area contributed by atoms with Gasteiger partial charge in [-0.2, -0.15) is 0 Å². The smallest absolute Gasteiger partial charge is 0.250 e. The van der Waals surface area contributed by atoms with Crippen LogP contribution in [-0.2, 0) is 24.7 Å². The number of amides is 3. The second kappa shape index (κ2) is 6.90. The number of nitrogens with zero attached hydrogens (tertiary/aromatic N) is 1. The lowest BCUT2D eigenvalue weighted by molar-refractivity contribution is -0.143. The molecule has 5 atom stereocenters. The van der Waals surface area contributed by atoms with E-state index in [2.05, 4.69) is 10.6 Å². The Kier molecular flexibility index (Phi) is 4.76. The molecule has 3 aliphatic rings. The van der Waals surface area contributed by atoms with Crippen LogP contribution >= 0.6 is 0 Å². The van der Waals surface area contributed by atoms with Crippen molar-refractivity contribution in [2.45, 2.75) is 44.9 Å². The number of imide groups is 1. The molecule has 3 aliphatic heterocycles. The summed E-state index contributed by atoms with van der Waals surface area (Å²) < 4.78 is 5.04. The van der Waals surface area contributed by atoms with Crippen molar-refractivity contribution < 1.29 is 24.2 Å². The van der Waals surface area contributed by atoms with Crippen LogP contribution in [-0.4, -0.2) is 60.1 Å². The van der Waals surface area contributed by atoms with E-state index in [1.807, 2.05) is 26.0 Å². The van der Waals surface area contributed by atoms with Gasteiger partial charge in [-0.1, -0.05) is 17.7 Å². The van der Waals surface area contributed by atoms with Crippen molar-refractivity contribution >= 4 is 23.4 Å². The van der Waals surface area contributed by atoms with Gasteiger partial charge in [0.05, 0.1) is 17.9 Å². The maximum Gasteiger partial charge on any atom is 0.250 e. The first-order chi connectivity index (χ1) is 13.7. The first kappa shape index (κ1) is 20.0. The van der Waals surface area contributed by atoms with E-state index in [4.69, 9.17) is 4.74 Å². The molecule has 0 saturated carbocycles. The zero-order chi connectivity index (χ0) is 21.1. The van der Waals surface area contributed by atoms with E-state index in [0.717, 1.165) is 11.1 Å². The third kappa shape index (κ3) is 2.66. The van der Waals surface area contributed by atoms with Crippen LogP contribution in [0.3, 0.4) is 0 Å². The molecule has 0 aromatic heterocycles. The minimum absolute atomic E-state index is 0.239. The van der Waals surface area contributed by atoms with Crippen molar-refractivity contribution in [3.8, 4) is 0 Å². The normalized spacial score (nSPS) is 31.4. The van der Waals surface area contributed by atoms with Gasteiger partial charge in [0, 0.05) is 37.6 Å². The summed E-state index contributed by atoms with van der Waals surface area (Å²) in [4.78, 5) is 41.1. The van der Waals surface area contributed by atoms with Crippen molar-refractivity contribution in [2.24, 2.45) is 11.8 Å². The minimum atomic E-state index is -1.36. The maximum atomic E-state index is 13.4. The van der Waals surface area contributed by atoms with Gasteiger partial charge < -0.3 is 15.2 Å². The molecular formula is C21H27N3O5. The van der Waals surface area contributed by atoms with E-state index < -0.39 is 29.5 Å². The number of anilines is 1. The van der Waals surface area contributed by atoms with Gasteiger partial charge in [0.15, 0.2) is 0 Å². The monoisotopic (exact) mass is 401 g/mol. The molecule has 1 spiro atoms. The predicted octanol–water partition coefficient (Wildman–Crippen LogP) is 0.441. The second-order valence-electron chi connectivity index (χ2n) is 8.36.